The van der Waals surface area contributed by atoms with E-state index in [1.54, 1.807) is 0 Å². The number of anilines is 2. The van der Waals surface area contributed by atoms with E-state index in [4.69, 9.17) is 0 Å². The molecule has 1 aliphatic heterocycles. The van der Waals surface area contributed by atoms with Gasteiger partial charge in [-0.1, -0.05) is 40.2 Å². The Balaban J connectivity index is 2.14. The summed E-state index contributed by atoms with van der Waals surface area (Å²) in [5, 5.41) is 10.3. The first-order chi connectivity index (χ1) is 10.2. The molecule has 1 unspecified atom stereocenters. The van der Waals surface area contributed by atoms with Crippen molar-refractivity contribution in [2.75, 3.05) is 4.90 Å². The van der Waals surface area contributed by atoms with E-state index >= 15 is 0 Å². The van der Waals surface area contributed by atoms with Crippen molar-refractivity contribution in [3.63, 3.8) is 0 Å². The highest BCUT2D eigenvalue weighted by atomic mass is 79.9. The van der Waals surface area contributed by atoms with Gasteiger partial charge in [0.05, 0.1) is 11.3 Å². The largest absolute Gasteiger partial charge is 0.337 e. The van der Waals surface area contributed by atoms with Crippen LogP contribution in [0.3, 0.4) is 0 Å². The molecular weight excluding hydrogens is 324 g/mol. The zero-order valence-corrected chi connectivity index (χ0v) is 13.6. The number of nitrogens with zero attached hydrogens (tertiary/aromatic N) is 2. The molecule has 3 rings (SSSR count). The first-order valence-corrected chi connectivity index (χ1v) is 8.33. The maximum atomic E-state index is 9.51. The van der Waals surface area contributed by atoms with Crippen LogP contribution in [0.2, 0.25) is 0 Å². The van der Waals surface area contributed by atoms with Crippen LogP contribution in [0, 0.1) is 11.3 Å². The van der Waals surface area contributed by atoms with Gasteiger partial charge in [0.25, 0.3) is 0 Å². The summed E-state index contributed by atoms with van der Waals surface area (Å²) in [7, 11) is 0. The fourth-order valence-electron chi connectivity index (χ4n) is 3.02. The second-order valence-electron chi connectivity index (χ2n) is 5.48. The summed E-state index contributed by atoms with van der Waals surface area (Å²) in [5.74, 6) is 0. The minimum atomic E-state index is 0.404. The number of hydrogen-bond donors (Lipinski definition) is 0. The molecule has 2 nitrogen and oxygen atoms in total. The Morgan fingerprint density at radius 3 is 2.81 bits per heavy atom. The van der Waals surface area contributed by atoms with Gasteiger partial charge in [0.2, 0.25) is 0 Å². The molecule has 2 aromatic carbocycles. The highest BCUT2D eigenvalue weighted by Crippen LogP contribution is 2.38. The van der Waals surface area contributed by atoms with Crippen LogP contribution >= 0.6 is 15.9 Å². The molecule has 1 atom stereocenters. The zero-order chi connectivity index (χ0) is 14.8. The van der Waals surface area contributed by atoms with Crippen LogP contribution in [-0.2, 0) is 11.8 Å². The Morgan fingerprint density at radius 1 is 1.24 bits per heavy atom. The van der Waals surface area contributed by atoms with Gasteiger partial charge in [-0.15, -0.1) is 0 Å². The summed E-state index contributed by atoms with van der Waals surface area (Å²) in [6.07, 6.45) is 2.22. The molecule has 0 amide bonds. The first kappa shape index (κ1) is 14.2. The van der Waals surface area contributed by atoms with Crippen molar-refractivity contribution in [2.24, 2.45) is 0 Å². The van der Waals surface area contributed by atoms with Crippen LogP contribution in [0.5, 0.6) is 0 Å². The van der Waals surface area contributed by atoms with E-state index in [1.165, 1.54) is 11.3 Å². The maximum Gasteiger partial charge on any atom is 0.101 e. The van der Waals surface area contributed by atoms with Crippen LogP contribution in [-0.4, -0.2) is 6.04 Å². The summed E-state index contributed by atoms with van der Waals surface area (Å²) >= 11 is 3.46. The summed E-state index contributed by atoms with van der Waals surface area (Å²) in [5.41, 5.74) is 5.49. The maximum absolute atomic E-state index is 9.51. The molecule has 0 N–H and O–H groups in total. The normalized spacial score (nSPS) is 17.2. The summed E-state index contributed by atoms with van der Waals surface area (Å²) in [4.78, 5) is 2.31. The number of fused-ring (bicyclic) bond motifs is 1. The van der Waals surface area contributed by atoms with Gasteiger partial charge in [-0.2, -0.15) is 5.26 Å². The summed E-state index contributed by atoms with van der Waals surface area (Å²) in [6.45, 7) is 2.23. The van der Waals surface area contributed by atoms with Crippen molar-refractivity contribution in [2.45, 2.75) is 31.1 Å². The van der Waals surface area contributed by atoms with Crippen LogP contribution in [0.4, 0.5) is 11.4 Å². The van der Waals surface area contributed by atoms with Crippen LogP contribution in [0.25, 0.3) is 0 Å². The van der Waals surface area contributed by atoms with Gasteiger partial charge < -0.3 is 4.90 Å². The van der Waals surface area contributed by atoms with Crippen LogP contribution in [0.1, 0.15) is 30.0 Å². The molecule has 0 fully saturated rings. The number of halogens is 1. The molecule has 1 aliphatic rings. The van der Waals surface area contributed by atoms with Crippen LogP contribution in [0.15, 0.2) is 42.5 Å². The van der Waals surface area contributed by atoms with E-state index in [1.807, 2.05) is 6.07 Å². The lowest BCUT2D eigenvalue weighted by Crippen LogP contribution is -2.33. The lowest BCUT2D eigenvalue weighted by molar-refractivity contribution is 0.618. The molecule has 0 aromatic heterocycles. The Hall–Kier alpha value is -1.79. The Morgan fingerprint density at radius 2 is 2.05 bits per heavy atom. The standard InChI is InChI=1S/C18H17BrN2/c1-13-6-8-15-4-2-3-5-17(15)21(13)18-9-7-14(11-19)10-16(18)12-20/h2-5,7,9-10,13H,6,8,11H2,1H3. The first-order valence-electron chi connectivity index (χ1n) is 7.20. The van der Waals surface area contributed by atoms with Crippen molar-refractivity contribution in [1.82, 2.24) is 0 Å². The molecule has 106 valence electrons. The molecule has 21 heavy (non-hydrogen) atoms. The second-order valence-corrected chi connectivity index (χ2v) is 6.04. The fourth-order valence-corrected chi connectivity index (χ4v) is 3.37. The number of rotatable bonds is 2. The molecule has 0 saturated carbocycles. The average molecular weight is 341 g/mol. The molecule has 0 radical (unpaired) electrons. The lowest BCUT2D eigenvalue weighted by atomic mass is 9.95. The predicted octanol–water partition coefficient (Wildman–Crippen LogP) is 4.93. The van der Waals surface area contributed by atoms with E-state index in [0.29, 0.717) is 6.04 Å². The molecule has 3 heteroatoms. The molecular formula is C18H17BrN2. The van der Waals surface area contributed by atoms with E-state index in [2.05, 4.69) is 70.2 Å². The minimum Gasteiger partial charge on any atom is -0.337 e. The van der Waals surface area contributed by atoms with Gasteiger partial charge >= 0.3 is 0 Å². The van der Waals surface area contributed by atoms with Gasteiger partial charge in [-0.25, -0.2) is 0 Å². The topological polar surface area (TPSA) is 27.0 Å². The quantitative estimate of drug-likeness (QED) is 0.725. The van der Waals surface area contributed by atoms with Gasteiger partial charge in [-0.3, -0.25) is 0 Å². The minimum absolute atomic E-state index is 0.404. The molecule has 2 aromatic rings. The van der Waals surface area contributed by atoms with Crippen LogP contribution < -0.4 is 4.90 Å². The van der Waals surface area contributed by atoms with Gasteiger partial charge in [-0.05, 0) is 49.1 Å². The van der Waals surface area contributed by atoms with E-state index in [0.717, 1.165) is 35.0 Å². The fraction of sp³-hybridized carbons (Fsp3) is 0.278. The lowest BCUT2D eigenvalue weighted by Gasteiger charge is -2.37. The van der Waals surface area contributed by atoms with Crippen molar-refractivity contribution in [3.8, 4) is 6.07 Å². The Kier molecular flexibility index (Phi) is 3.98. The SMILES string of the molecule is CC1CCc2ccccc2N1c1ccc(CBr)cc1C#N. The van der Waals surface area contributed by atoms with Gasteiger partial charge in [0.15, 0.2) is 0 Å². The molecule has 0 aliphatic carbocycles. The number of benzene rings is 2. The van der Waals surface area contributed by atoms with Crippen molar-refractivity contribution >= 4 is 27.3 Å². The molecule has 0 saturated heterocycles. The zero-order valence-electron chi connectivity index (χ0n) is 12.0. The van der Waals surface area contributed by atoms with Crippen molar-refractivity contribution < 1.29 is 0 Å². The van der Waals surface area contributed by atoms with Crippen molar-refractivity contribution in [1.29, 1.82) is 5.26 Å². The highest BCUT2D eigenvalue weighted by Gasteiger charge is 2.25. The van der Waals surface area contributed by atoms with Gasteiger partial charge in [0, 0.05) is 17.1 Å². The Labute approximate surface area is 134 Å². The number of alkyl halides is 1. The third-order valence-electron chi connectivity index (χ3n) is 4.12. The third kappa shape index (κ3) is 2.56. The number of hydrogen-bond acceptors (Lipinski definition) is 2. The second kappa shape index (κ2) is 5.91. The number of para-hydroxylation sites is 1. The summed E-state index contributed by atoms with van der Waals surface area (Å²) < 4.78 is 0. The third-order valence-corrected chi connectivity index (χ3v) is 4.77. The summed E-state index contributed by atoms with van der Waals surface area (Å²) in [6, 6.07) is 17.4. The number of aryl methyl sites for hydroxylation is 1. The smallest absolute Gasteiger partial charge is 0.101 e. The van der Waals surface area contributed by atoms with Gasteiger partial charge in [0.1, 0.15) is 6.07 Å². The van der Waals surface area contributed by atoms with Crippen molar-refractivity contribution in [3.05, 3.63) is 59.2 Å². The van der Waals surface area contributed by atoms with E-state index in [9.17, 15) is 5.26 Å². The highest BCUT2D eigenvalue weighted by molar-refractivity contribution is 9.08. The average Bonchev–Trinajstić information content (AvgIpc) is 2.54. The molecule has 0 bridgehead atoms. The Bertz CT molecular complexity index is 703. The monoisotopic (exact) mass is 340 g/mol. The predicted molar refractivity (Wildman–Crippen MR) is 90.2 cm³/mol. The molecule has 0 spiro atoms. The number of nitriles is 1. The van der Waals surface area contributed by atoms with E-state index in [-0.39, 0.29) is 0 Å². The molecule has 1 heterocycles. The van der Waals surface area contributed by atoms with E-state index < -0.39 is 0 Å².